The van der Waals surface area contributed by atoms with Crippen LogP contribution in [0.3, 0.4) is 0 Å². The molecule has 2 saturated heterocycles. The molecule has 1 aromatic heterocycles. The maximum absolute atomic E-state index is 13.3. The molecule has 65 heavy (non-hydrogen) atoms. The number of hydrogen-bond donors (Lipinski definition) is 4. The number of fused-ring (bicyclic) bond motifs is 2. The molecule has 1 saturated carbocycles. The second-order valence-electron chi connectivity index (χ2n) is 17.7. The molecule has 3 aromatic rings. The average molecular weight is 883 g/mol. The minimum absolute atomic E-state index is 0.149. The van der Waals surface area contributed by atoms with Gasteiger partial charge in [0.15, 0.2) is 5.82 Å². The monoisotopic (exact) mass is 883 g/mol. The number of amides is 3. The van der Waals surface area contributed by atoms with Crippen molar-refractivity contribution in [2.75, 3.05) is 68.0 Å². The summed E-state index contributed by atoms with van der Waals surface area (Å²) in [6.45, 7) is 22.7. The van der Waals surface area contributed by atoms with Crippen LogP contribution in [0.25, 0.3) is 0 Å². The van der Waals surface area contributed by atoms with Crippen LogP contribution in [0.5, 0.6) is 0 Å². The fourth-order valence-electron chi connectivity index (χ4n) is 10.1. The number of nitrogens with zero attached hydrogens (tertiary/aromatic N) is 6. The van der Waals surface area contributed by atoms with Crippen LogP contribution in [0.15, 0.2) is 96.3 Å². The molecule has 2 aliphatic carbocycles. The number of rotatable bonds is 16. The van der Waals surface area contributed by atoms with Gasteiger partial charge in [0.05, 0.1) is 5.57 Å². The van der Waals surface area contributed by atoms with Crippen LogP contribution in [0.4, 0.5) is 22.9 Å². The van der Waals surface area contributed by atoms with Crippen molar-refractivity contribution in [3.8, 4) is 0 Å². The fraction of sp³-hybridized carbons (Fsp3) is 0.451. The minimum atomic E-state index is -0.658. The van der Waals surface area contributed by atoms with E-state index in [9.17, 15) is 19.2 Å². The third-order valence-corrected chi connectivity index (χ3v) is 13.5. The Kier molecular flexibility index (Phi) is 14.9. The van der Waals surface area contributed by atoms with E-state index < -0.39 is 6.04 Å². The number of likely N-dealkylation sites (N-methyl/N-ethyl adjacent to an activating group) is 1. The molecule has 0 bridgehead atoms. The van der Waals surface area contributed by atoms with Gasteiger partial charge in [-0.1, -0.05) is 45.6 Å². The van der Waals surface area contributed by atoms with Gasteiger partial charge in [0.25, 0.3) is 11.8 Å². The lowest BCUT2D eigenvalue weighted by atomic mass is 9.60. The van der Waals surface area contributed by atoms with E-state index in [1.165, 1.54) is 24.1 Å². The number of pyridine rings is 1. The third-order valence-electron chi connectivity index (χ3n) is 13.5. The zero-order chi connectivity index (χ0) is 46.3. The van der Waals surface area contributed by atoms with Gasteiger partial charge in [-0.3, -0.25) is 19.3 Å². The van der Waals surface area contributed by atoms with Gasteiger partial charge >= 0.3 is 0 Å². The highest BCUT2D eigenvalue weighted by Crippen LogP contribution is 2.52. The average Bonchev–Trinajstić information content (AvgIpc) is 3.83. The van der Waals surface area contributed by atoms with Crippen molar-refractivity contribution in [3.05, 3.63) is 114 Å². The highest BCUT2D eigenvalue weighted by molar-refractivity contribution is 6.21. The number of aliphatic imine (C=N–C) groups is 1. The van der Waals surface area contributed by atoms with Gasteiger partial charge in [0.2, 0.25) is 5.91 Å². The Hall–Kier alpha value is -6.28. The summed E-state index contributed by atoms with van der Waals surface area (Å²) in [5.74, 6) is 1.07. The Balaban J connectivity index is 0.00000311. The van der Waals surface area contributed by atoms with Crippen LogP contribution in [-0.4, -0.2) is 110 Å². The van der Waals surface area contributed by atoms with E-state index in [-0.39, 0.29) is 24.1 Å². The summed E-state index contributed by atoms with van der Waals surface area (Å²) in [5, 5.41) is 12.1. The minimum Gasteiger partial charge on any atom is -0.370 e. The molecule has 4 N–H and O–H groups in total. The first-order valence-corrected chi connectivity index (χ1v) is 23.3. The molecule has 0 radical (unpaired) electrons. The van der Waals surface area contributed by atoms with E-state index in [1.54, 1.807) is 24.1 Å². The number of piperazine rings is 1. The van der Waals surface area contributed by atoms with Gasteiger partial charge in [-0.15, -0.1) is 6.58 Å². The lowest BCUT2D eigenvalue weighted by Gasteiger charge is -2.62. The zero-order valence-electron chi connectivity index (χ0n) is 38.8. The van der Waals surface area contributed by atoms with Gasteiger partial charge in [-0.25, -0.2) is 9.98 Å². The van der Waals surface area contributed by atoms with Crippen molar-refractivity contribution in [2.24, 2.45) is 10.4 Å². The van der Waals surface area contributed by atoms with Crippen molar-refractivity contribution < 1.29 is 19.2 Å². The largest absolute Gasteiger partial charge is 0.370 e. The molecule has 5 aliphatic rings. The maximum Gasteiger partial charge on any atom is 0.255 e. The summed E-state index contributed by atoms with van der Waals surface area (Å²) >= 11 is 0. The van der Waals surface area contributed by atoms with Crippen LogP contribution in [0, 0.1) is 5.41 Å². The smallest absolute Gasteiger partial charge is 0.255 e. The topological polar surface area (TPSA) is 155 Å². The third kappa shape index (κ3) is 10.2. The van der Waals surface area contributed by atoms with Gasteiger partial charge < -0.3 is 40.8 Å². The molecule has 2 unspecified atom stereocenters. The number of carbonyl (C=O) groups excluding carboxylic acids is 4. The molecule has 344 valence electrons. The molecule has 14 nitrogen and oxygen atoms in total. The summed E-state index contributed by atoms with van der Waals surface area (Å²) < 4.78 is 0. The Morgan fingerprint density at radius 1 is 0.985 bits per heavy atom. The normalized spacial score (nSPS) is 19.5. The fourth-order valence-corrected chi connectivity index (χ4v) is 10.1. The summed E-state index contributed by atoms with van der Waals surface area (Å²) in [5.41, 5.74) is 7.79. The standard InChI is InChI=1S/C49H60N10O4.C2H6/c1-6-20-51-46(61)40(7-2)45(55-43-19-12-34-11-10-32(3)44(34)54-43)53-33(4)52-36-13-15-37(16-14-36)56-21-23-57(24-22-56)39-27-49(28-39)30-58(31-49)38-17-18-41-35(26-38)29-59(48(41)63)42(9-8-25-60)47(62)50-5;1-2/h6-7,12-19,25-26,32,39,42,52H,1,4,8-11,20-24,27-31H2,2-3,5H3,(H,50,62)(H,51,61)(H,53,54,55);1-2H3/b40-7+;. The number of aryl methyl sites for hydroxylation is 1. The lowest BCUT2D eigenvalue weighted by Crippen LogP contribution is -2.68. The molecule has 14 heteroatoms. The van der Waals surface area contributed by atoms with Gasteiger partial charge in [0, 0.05) is 106 Å². The van der Waals surface area contributed by atoms with Crippen molar-refractivity contribution in [2.45, 2.75) is 90.8 Å². The van der Waals surface area contributed by atoms with E-state index in [4.69, 9.17) is 9.98 Å². The Bertz CT molecular complexity index is 2320. The van der Waals surface area contributed by atoms with Gasteiger partial charge in [-0.05, 0) is 105 Å². The predicted octanol–water partition coefficient (Wildman–Crippen LogP) is 6.45. The number of benzene rings is 2. The number of carbonyl (C=O) groups is 4. The number of allylic oxidation sites excluding steroid dienone is 1. The van der Waals surface area contributed by atoms with Crippen molar-refractivity contribution in [1.82, 2.24) is 30.7 Å². The van der Waals surface area contributed by atoms with Gasteiger partial charge in [0.1, 0.15) is 24.0 Å². The molecular formula is C51H66N10O4. The predicted molar refractivity (Wildman–Crippen MR) is 260 cm³/mol. The molecular weight excluding hydrogens is 817 g/mol. The molecule has 2 atom stereocenters. The van der Waals surface area contributed by atoms with Crippen LogP contribution >= 0.6 is 0 Å². The molecule has 3 aliphatic heterocycles. The van der Waals surface area contributed by atoms with E-state index in [0.717, 1.165) is 81.0 Å². The summed E-state index contributed by atoms with van der Waals surface area (Å²) in [6.07, 6.45) is 9.21. The first-order valence-electron chi connectivity index (χ1n) is 23.3. The maximum atomic E-state index is 13.3. The summed E-state index contributed by atoms with van der Waals surface area (Å²) in [6, 6.07) is 18.3. The number of hydrogen-bond acceptors (Lipinski definition) is 10. The highest BCUT2D eigenvalue weighted by Gasteiger charge is 2.54. The number of aldehydes is 1. The van der Waals surface area contributed by atoms with E-state index in [0.29, 0.717) is 65.5 Å². The van der Waals surface area contributed by atoms with E-state index >= 15 is 0 Å². The highest BCUT2D eigenvalue weighted by atomic mass is 16.2. The number of anilines is 3. The molecule has 4 heterocycles. The Morgan fingerprint density at radius 2 is 1.71 bits per heavy atom. The first kappa shape index (κ1) is 46.7. The SMILES string of the molecule is C=CCNC(=O)/C(=C/C)C(=Nc1ccc2c(n1)C(C)CC2)NC(=C)Nc1ccc(N2CCN(C3CC4(C3)CN(c3ccc5c(c3)CN(C(CCC=O)C(=O)NC)C5=O)C4)CC2)cc1.CC. The second-order valence-corrected chi connectivity index (χ2v) is 17.7. The van der Waals surface area contributed by atoms with Crippen LogP contribution < -0.4 is 31.1 Å². The Labute approximate surface area is 384 Å². The second kappa shape index (κ2) is 20.7. The van der Waals surface area contributed by atoms with Gasteiger partial charge in [-0.2, -0.15) is 0 Å². The molecule has 3 amide bonds. The van der Waals surface area contributed by atoms with Crippen molar-refractivity contribution in [3.63, 3.8) is 0 Å². The van der Waals surface area contributed by atoms with Crippen LogP contribution in [-0.2, 0) is 27.3 Å². The van der Waals surface area contributed by atoms with Crippen LogP contribution in [0.1, 0.15) is 92.9 Å². The van der Waals surface area contributed by atoms with E-state index in [1.807, 2.05) is 51.1 Å². The summed E-state index contributed by atoms with van der Waals surface area (Å²) in [4.78, 5) is 68.8. The quantitative estimate of drug-likeness (QED) is 0.0415. The Morgan fingerprint density at radius 3 is 2.38 bits per heavy atom. The molecule has 2 aromatic carbocycles. The molecule has 3 fully saturated rings. The van der Waals surface area contributed by atoms with Crippen LogP contribution in [0.2, 0.25) is 0 Å². The lowest BCUT2D eigenvalue weighted by molar-refractivity contribution is -0.125. The first-order chi connectivity index (χ1) is 31.5. The number of nitrogens with one attached hydrogen (secondary N) is 4. The molecule has 1 spiro atoms. The van der Waals surface area contributed by atoms with Crippen molar-refractivity contribution >= 4 is 52.7 Å². The number of aromatic nitrogens is 1. The zero-order valence-corrected chi connectivity index (χ0v) is 38.8. The summed E-state index contributed by atoms with van der Waals surface area (Å²) in [7, 11) is 1.56. The molecule has 8 rings (SSSR count). The number of amidine groups is 1. The van der Waals surface area contributed by atoms with Crippen molar-refractivity contribution in [1.29, 1.82) is 0 Å². The van der Waals surface area contributed by atoms with E-state index in [2.05, 4.69) is 80.3 Å².